The minimum absolute atomic E-state index is 1.04. The van der Waals surface area contributed by atoms with Gasteiger partial charge in [0.2, 0.25) is 0 Å². The van der Waals surface area contributed by atoms with E-state index in [0.29, 0.717) is 0 Å². The molecule has 104 valence electrons. The monoisotopic (exact) mass is 257 g/mol. The summed E-state index contributed by atoms with van der Waals surface area (Å²) in [6, 6.07) is 10.9. The zero-order valence-electron chi connectivity index (χ0n) is 12.1. The van der Waals surface area contributed by atoms with Gasteiger partial charge >= 0.3 is 0 Å². The van der Waals surface area contributed by atoms with Crippen molar-refractivity contribution >= 4 is 0 Å². The van der Waals surface area contributed by atoms with Crippen LogP contribution in [0.1, 0.15) is 44.1 Å². The molecule has 1 nitrogen and oxygen atoms in total. The van der Waals surface area contributed by atoms with Crippen LogP contribution in [0.2, 0.25) is 0 Å². The van der Waals surface area contributed by atoms with E-state index in [1.165, 1.54) is 70.1 Å². The molecular formula is C18H27N. The normalized spacial score (nSPS) is 26.7. The number of hydrogen-bond donors (Lipinski definition) is 0. The summed E-state index contributed by atoms with van der Waals surface area (Å²) in [4.78, 5) is 2.74. The number of fused-ring (bicyclic) bond motifs is 2. The van der Waals surface area contributed by atoms with Crippen LogP contribution >= 0.6 is 0 Å². The average molecular weight is 257 g/mol. The van der Waals surface area contributed by atoms with Gasteiger partial charge < -0.3 is 4.90 Å². The van der Waals surface area contributed by atoms with Crippen molar-refractivity contribution in [2.45, 2.75) is 44.9 Å². The number of piperidine rings is 1. The largest absolute Gasteiger partial charge is 0.303 e. The lowest BCUT2D eigenvalue weighted by Gasteiger charge is -2.31. The third kappa shape index (κ3) is 3.82. The maximum absolute atomic E-state index is 2.74. The second kappa shape index (κ2) is 6.56. The molecular weight excluding hydrogens is 230 g/mol. The van der Waals surface area contributed by atoms with Crippen molar-refractivity contribution in [1.82, 2.24) is 4.90 Å². The Labute approximate surface area is 118 Å². The number of unbranched alkanes of at least 4 members (excludes halogenated alkanes) is 2. The SMILES string of the molecule is c1ccc(CCCCCN2CC3CCC(C3)C2)cc1. The molecule has 0 radical (unpaired) electrons. The van der Waals surface area contributed by atoms with Crippen LogP contribution in [-0.2, 0) is 6.42 Å². The molecule has 3 rings (SSSR count). The van der Waals surface area contributed by atoms with Crippen LogP contribution < -0.4 is 0 Å². The fraction of sp³-hybridized carbons (Fsp3) is 0.667. The molecule has 2 unspecified atom stereocenters. The van der Waals surface area contributed by atoms with Gasteiger partial charge in [0.15, 0.2) is 0 Å². The lowest BCUT2D eigenvalue weighted by atomic mass is 9.98. The first kappa shape index (κ1) is 13.2. The van der Waals surface area contributed by atoms with Gasteiger partial charge in [-0.25, -0.2) is 0 Å². The Hall–Kier alpha value is -0.820. The maximum atomic E-state index is 2.74. The fourth-order valence-electron chi connectivity index (χ4n) is 3.98. The van der Waals surface area contributed by atoms with Crippen LogP contribution in [0.25, 0.3) is 0 Å². The molecule has 1 saturated heterocycles. The molecule has 0 spiro atoms. The van der Waals surface area contributed by atoms with Crippen LogP contribution in [0, 0.1) is 11.8 Å². The second-order valence-corrected chi connectivity index (χ2v) is 6.60. The van der Waals surface area contributed by atoms with Gasteiger partial charge in [0.25, 0.3) is 0 Å². The van der Waals surface area contributed by atoms with Crippen molar-refractivity contribution in [3.63, 3.8) is 0 Å². The Balaban J connectivity index is 1.29. The molecule has 0 aromatic heterocycles. The summed E-state index contributed by atoms with van der Waals surface area (Å²) in [5.41, 5.74) is 1.50. The molecule has 1 aliphatic heterocycles. The molecule has 2 fully saturated rings. The summed E-state index contributed by atoms with van der Waals surface area (Å²) >= 11 is 0. The minimum Gasteiger partial charge on any atom is -0.303 e. The zero-order chi connectivity index (χ0) is 12.9. The summed E-state index contributed by atoms with van der Waals surface area (Å²) in [6.07, 6.45) is 9.94. The van der Waals surface area contributed by atoms with E-state index in [9.17, 15) is 0 Å². The minimum atomic E-state index is 1.04. The molecule has 2 aliphatic rings. The zero-order valence-corrected chi connectivity index (χ0v) is 12.1. The van der Waals surface area contributed by atoms with E-state index in [0.717, 1.165) is 11.8 Å². The number of hydrogen-bond acceptors (Lipinski definition) is 1. The molecule has 2 atom stereocenters. The Morgan fingerprint density at radius 3 is 2.37 bits per heavy atom. The predicted octanol–water partition coefficient (Wildman–Crippen LogP) is 4.13. The standard InChI is InChI=1S/C18H27N/c1-3-7-16(8-4-1)9-5-2-6-12-19-14-17-10-11-18(13-17)15-19/h1,3-4,7-8,17-18H,2,5-6,9-15H2. The Morgan fingerprint density at radius 2 is 1.63 bits per heavy atom. The summed E-state index contributed by atoms with van der Waals surface area (Å²) in [5.74, 6) is 2.09. The van der Waals surface area contributed by atoms with Crippen molar-refractivity contribution in [3.05, 3.63) is 35.9 Å². The van der Waals surface area contributed by atoms with E-state index in [2.05, 4.69) is 35.2 Å². The van der Waals surface area contributed by atoms with Crippen molar-refractivity contribution < 1.29 is 0 Å². The van der Waals surface area contributed by atoms with Crippen molar-refractivity contribution in [2.24, 2.45) is 11.8 Å². The van der Waals surface area contributed by atoms with E-state index in [1.54, 1.807) is 0 Å². The smallest absolute Gasteiger partial charge is 0.000988 e. The Bertz CT molecular complexity index is 361. The molecule has 0 amide bonds. The lowest BCUT2D eigenvalue weighted by Crippen LogP contribution is -2.36. The van der Waals surface area contributed by atoms with Gasteiger partial charge in [0, 0.05) is 13.1 Å². The number of rotatable bonds is 6. The average Bonchev–Trinajstić information content (AvgIpc) is 2.79. The predicted molar refractivity (Wildman–Crippen MR) is 81.3 cm³/mol. The molecule has 1 heterocycles. The highest BCUT2D eigenvalue weighted by atomic mass is 15.1. The molecule has 2 bridgehead atoms. The molecule has 19 heavy (non-hydrogen) atoms. The highest BCUT2D eigenvalue weighted by molar-refractivity contribution is 5.14. The topological polar surface area (TPSA) is 3.24 Å². The van der Waals surface area contributed by atoms with Crippen molar-refractivity contribution in [2.75, 3.05) is 19.6 Å². The Kier molecular flexibility index (Phi) is 4.55. The number of likely N-dealkylation sites (tertiary alicyclic amines) is 1. The third-order valence-corrected chi connectivity index (χ3v) is 4.97. The Morgan fingerprint density at radius 1 is 0.895 bits per heavy atom. The molecule has 1 aromatic carbocycles. The van der Waals surface area contributed by atoms with Crippen LogP contribution in [0.5, 0.6) is 0 Å². The quantitative estimate of drug-likeness (QED) is 0.693. The first-order valence-electron chi connectivity index (χ1n) is 8.16. The first-order valence-corrected chi connectivity index (χ1v) is 8.16. The van der Waals surface area contributed by atoms with Gasteiger partial charge in [-0.15, -0.1) is 0 Å². The maximum Gasteiger partial charge on any atom is 0.000988 e. The van der Waals surface area contributed by atoms with Crippen LogP contribution in [-0.4, -0.2) is 24.5 Å². The third-order valence-electron chi connectivity index (χ3n) is 4.97. The van der Waals surface area contributed by atoms with E-state index >= 15 is 0 Å². The highest BCUT2D eigenvalue weighted by Gasteiger charge is 2.32. The second-order valence-electron chi connectivity index (χ2n) is 6.60. The van der Waals surface area contributed by atoms with Crippen molar-refractivity contribution in [1.29, 1.82) is 0 Å². The lowest BCUT2D eigenvalue weighted by molar-refractivity contribution is 0.165. The summed E-state index contributed by atoms with van der Waals surface area (Å²) in [5, 5.41) is 0. The van der Waals surface area contributed by atoms with Gasteiger partial charge in [0.1, 0.15) is 0 Å². The van der Waals surface area contributed by atoms with Gasteiger partial charge in [-0.1, -0.05) is 36.8 Å². The number of benzene rings is 1. The van der Waals surface area contributed by atoms with Crippen LogP contribution in [0.4, 0.5) is 0 Å². The van der Waals surface area contributed by atoms with Crippen molar-refractivity contribution in [3.8, 4) is 0 Å². The molecule has 1 saturated carbocycles. The van der Waals surface area contributed by atoms with Crippen LogP contribution in [0.15, 0.2) is 30.3 Å². The van der Waals surface area contributed by atoms with E-state index < -0.39 is 0 Å². The van der Waals surface area contributed by atoms with Gasteiger partial charge in [-0.2, -0.15) is 0 Å². The molecule has 1 aromatic rings. The number of nitrogens with zero attached hydrogens (tertiary/aromatic N) is 1. The van der Waals surface area contributed by atoms with Gasteiger partial charge in [-0.3, -0.25) is 0 Å². The van der Waals surface area contributed by atoms with Crippen LogP contribution in [0.3, 0.4) is 0 Å². The molecule has 1 heteroatoms. The van der Waals surface area contributed by atoms with E-state index in [4.69, 9.17) is 0 Å². The summed E-state index contributed by atoms with van der Waals surface area (Å²) in [6.45, 7) is 4.15. The van der Waals surface area contributed by atoms with Gasteiger partial charge in [-0.05, 0) is 62.5 Å². The molecule has 1 aliphatic carbocycles. The van der Waals surface area contributed by atoms with E-state index in [-0.39, 0.29) is 0 Å². The van der Waals surface area contributed by atoms with E-state index in [1.807, 2.05) is 0 Å². The first-order chi connectivity index (χ1) is 9.40. The van der Waals surface area contributed by atoms with Gasteiger partial charge in [0.05, 0.1) is 0 Å². The molecule has 0 N–H and O–H groups in total. The highest BCUT2D eigenvalue weighted by Crippen LogP contribution is 2.36. The fourth-order valence-corrected chi connectivity index (χ4v) is 3.98. The number of aryl methyl sites for hydroxylation is 1. The summed E-state index contributed by atoms with van der Waals surface area (Å²) in [7, 11) is 0. The summed E-state index contributed by atoms with van der Waals surface area (Å²) < 4.78 is 0.